The van der Waals surface area contributed by atoms with Crippen molar-refractivity contribution in [3.63, 3.8) is 0 Å². The van der Waals surface area contributed by atoms with Crippen molar-refractivity contribution in [2.75, 3.05) is 26.2 Å². The van der Waals surface area contributed by atoms with Gasteiger partial charge in [-0.2, -0.15) is 0 Å². The number of rotatable bonds is 2. The second-order valence-electron chi connectivity index (χ2n) is 7.14. The summed E-state index contributed by atoms with van der Waals surface area (Å²) in [5, 5.41) is 10.4. The molecule has 0 radical (unpaired) electrons. The molecule has 0 aromatic heterocycles. The zero-order chi connectivity index (χ0) is 13.8. The van der Waals surface area contributed by atoms with Gasteiger partial charge in [-0.3, -0.25) is 4.90 Å². The van der Waals surface area contributed by atoms with Gasteiger partial charge in [0.1, 0.15) is 0 Å². The Morgan fingerprint density at radius 3 is 2.00 bits per heavy atom. The molecule has 3 fully saturated rings. The Balaban J connectivity index is 1.49. The molecule has 1 aliphatic carbocycles. The molecule has 0 aromatic carbocycles. The van der Waals surface area contributed by atoms with E-state index in [0.29, 0.717) is 6.04 Å². The average Bonchev–Trinajstić information content (AvgIpc) is 2.73. The lowest BCUT2D eigenvalue weighted by atomic mass is 9.96. The molecule has 2 atom stereocenters. The van der Waals surface area contributed by atoms with Gasteiger partial charge in [-0.15, -0.1) is 0 Å². The standard InChI is InChI=1S/C17H32N2O/c20-17-8-4-1-3-7-16(17)19-13-9-15(10-14-19)18-11-5-2-6-12-18/h15-17,20H,1-14H2. The molecule has 20 heavy (non-hydrogen) atoms. The van der Waals surface area contributed by atoms with Gasteiger partial charge >= 0.3 is 0 Å². The highest BCUT2D eigenvalue weighted by Crippen LogP contribution is 2.27. The normalized spacial score (nSPS) is 35.9. The maximum Gasteiger partial charge on any atom is 0.0695 e. The van der Waals surface area contributed by atoms with Crippen LogP contribution in [0.3, 0.4) is 0 Å². The molecule has 3 nitrogen and oxygen atoms in total. The van der Waals surface area contributed by atoms with Crippen LogP contribution in [0.2, 0.25) is 0 Å². The third kappa shape index (κ3) is 3.55. The summed E-state index contributed by atoms with van der Waals surface area (Å²) in [6, 6.07) is 1.29. The number of aliphatic hydroxyl groups excluding tert-OH is 1. The Morgan fingerprint density at radius 2 is 1.25 bits per heavy atom. The third-order valence-electron chi connectivity index (χ3n) is 5.82. The van der Waals surface area contributed by atoms with E-state index in [1.807, 2.05) is 0 Å². The van der Waals surface area contributed by atoms with Gasteiger partial charge in [0.15, 0.2) is 0 Å². The van der Waals surface area contributed by atoms with Gasteiger partial charge in [0.2, 0.25) is 0 Å². The van der Waals surface area contributed by atoms with Crippen molar-refractivity contribution in [2.45, 2.75) is 82.4 Å². The van der Waals surface area contributed by atoms with Gasteiger partial charge in [0, 0.05) is 25.2 Å². The highest BCUT2D eigenvalue weighted by molar-refractivity contribution is 4.88. The number of likely N-dealkylation sites (tertiary alicyclic amines) is 2. The third-order valence-corrected chi connectivity index (χ3v) is 5.82. The van der Waals surface area contributed by atoms with Crippen LogP contribution in [0.1, 0.15) is 64.2 Å². The fraction of sp³-hybridized carbons (Fsp3) is 1.00. The SMILES string of the molecule is OC1CCCCCC1N1CCC(N2CCCCC2)CC1. The lowest BCUT2D eigenvalue weighted by molar-refractivity contribution is 0.0120. The molecule has 0 bridgehead atoms. The predicted octanol–water partition coefficient (Wildman–Crippen LogP) is 2.63. The number of hydrogen-bond acceptors (Lipinski definition) is 3. The largest absolute Gasteiger partial charge is 0.391 e. The summed E-state index contributed by atoms with van der Waals surface area (Å²) in [4.78, 5) is 5.35. The Hall–Kier alpha value is -0.120. The summed E-state index contributed by atoms with van der Waals surface area (Å²) >= 11 is 0. The van der Waals surface area contributed by atoms with E-state index < -0.39 is 0 Å². The Labute approximate surface area is 124 Å². The maximum atomic E-state index is 10.4. The fourth-order valence-corrected chi connectivity index (χ4v) is 4.56. The Morgan fingerprint density at radius 1 is 0.600 bits per heavy atom. The van der Waals surface area contributed by atoms with Gasteiger partial charge in [-0.05, 0) is 51.6 Å². The molecule has 1 saturated carbocycles. The molecule has 0 amide bonds. The van der Waals surface area contributed by atoms with E-state index in [1.165, 1.54) is 84.0 Å². The van der Waals surface area contributed by atoms with Crippen LogP contribution < -0.4 is 0 Å². The minimum Gasteiger partial charge on any atom is -0.391 e. The first kappa shape index (κ1) is 14.8. The monoisotopic (exact) mass is 280 g/mol. The quantitative estimate of drug-likeness (QED) is 0.788. The summed E-state index contributed by atoms with van der Waals surface area (Å²) in [6.45, 7) is 5.08. The zero-order valence-corrected chi connectivity index (χ0v) is 13.0. The van der Waals surface area contributed by atoms with Crippen LogP contribution in [-0.2, 0) is 0 Å². The molecular weight excluding hydrogens is 248 g/mol. The van der Waals surface area contributed by atoms with E-state index in [-0.39, 0.29) is 6.10 Å². The van der Waals surface area contributed by atoms with Crippen LogP contribution >= 0.6 is 0 Å². The van der Waals surface area contributed by atoms with E-state index in [0.717, 1.165) is 12.5 Å². The fourth-order valence-electron chi connectivity index (χ4n) is 4.56. The topological polar surface area (TPSA) is 26.7 Å². The maximum absolute atomic E-state index is 10.4. The molecule has 116 valence electrons. The molecule has 1 N–H and O–H groups in total. The van der Waals surface area contributed by atoms with Gasteiger partial charge in [0.25, 0.3) is 0 Å². The Kier molecular flexibility index (Phi) is 5.36. The van der Waals surface area contributed by atoms with Crippen molar-refractivity contribution < 1.29 is 5.11 Å². The molecule has 2 saturated heterocycles. The summed E-state index contributed by atoms with van der Waals surface area (Å²) in [7, 11) is 0. The predicted molar refractivity (Wildman–Crippen MR) is 82.9 cm³/mol. The van der Waals surface area contributed by atoms with E-state index in [1.54, 1.807) is 0 Å². The number of aliphatic hydroxyl groups is 1. The Bertz CT molecular complexity index is 283. The van der Waals surface area contributed by atoms with Crippen molar-refractivity contribution in [2.24, 2.45) is 0 Å². The van der Waals surface area contributed by atoms with Crippen LogP contribution in [0.4, 0.5) is 0 Å². The molecule has 0 spiro atoms. The molecule has 3 rings (SSSR count). The number of nitrogens with zero attached hydrogens (tertiary/aromatic N) is 2. The first-order valence-electron chi connectivity index (χ1n) is 9.01. The zero-order valence-electron chi connectivity index (χ0n) is 13.0. The van der Waals surface area contributed by atoms with Crippen molar-refractivity contribution in [3.8, 4) is 0 Å². The van der Waals surface area contributed by atoms with E-state index in [4.69, 9.17) is 0 Å². The van der Waals surface area contributed by atoms with E-state index in [9.17, 15) is 5.11 Å². The highest BCUT2D eigenvalue weighted by Gasteiger charge is 2.32. The molecule has 2 unspecified atom stereocenters. The molecular formula is C17H32N2O. The number of hydrogen-bond donors (Lipinski definition) is 1. The average molecular weight is 280 g/mol. The van der Waals surface area contributed by atoms with Crippen LogP contribution in [0.5, 0.6) is 0 Å². The first-order chi connectivity index (χ1) is 9.84. The second kappa shape index (κ2) is 7.24. The highest BCUT2D eigenvalue weighted by atomic mass is 16.3. The van der Waals surface area contributed by atoms with Crippen LogP contribution in [0, 0.1) is 0 Å². The lowest BCUT2D eigenvalue weighted by Crippen LogP contribution is -2.51. The molecule has 3 aliphatic rings. The molecule has 0 aromatic rings. The van der Waals surface area contributed by atoms with E-state index in [2.05, 4.69) is 9.80 Å². The van der Waals surface area contributed by atoms with Crippen molar-refractivity contribution in [1.29, 1.82) is 0 Å². The van der Waals surface area contributed by atoms with Gasteiger partial charge < -0.3 is 10.0 Å². The minimum atomic E-state index is -0.0657. The summed E-state index contributed by atoms with van der Waals surface area (Å²) in [5.41, 5.74) is 0. The van der Waals surface area contributed by atoms with Crippen LogP contribution in [0.25, 0.3) is 0 Å². The molecule has 2 heterocycles. The smallest absolute Gasteiger partial charge is 0.0695 e. The minimum absolute atomic E-state index is 0.0657. The summed E-state index contributed by atoms with van der Waals surface area (Å²) < 4.78 is 0. The van der Waals surface area contributed by atoms with Gasteiger partial charge in [-0.25, -0.2) is 0 Å². The van der Waals surface area contributed by atoms with Crippen molar-refractivity contribution in [3.05, 3.63) is 0 Å². The second-order valence-corrected chi connectivity index (χ2v) is 7.14. The first-order valence-corrected chi connectivity index (χ1v) is 9.01. The number of piperidine rings is 2. The summed E-state index contributed by atoms with van der Waals surface area (Å²) in [5.74, 6) is 0. The van der Waals surface area contributed by atoms with Gasteiger partial charge in [-0.1, -0.05) is 25.7 Å². The van der Waals surface area contributed by atoms with Crippen molar-refractivity contribution >= 4 is 0 Å². The lowest BCUT2D eigenvalue weighted by Gasteiger charge is -2.43. The van der Waals surface area contributed by atoms with Gasteiger partial charge in [0.05, 0.1) is 6.10 Å². The van der Waals surface area contributed by atoms with Crippen LogP contribution in [0.15, 0.2) is 0 Å². The van der Waals surface area contributed by atoms with E-state index >= 15 is 0 Å². The van der Waals surface area contributed by atoms with Crippen LogP contribution in [-0.4, -0.2) is 59.3 Å². The molecule has 3 heteroatoms. The summed E-state index contributed by atoms with van der Waals surface area (Å²) in [6.07, 6.45) is 12.9. The van der Waals surface area contributed by atoms with Crippen molar-refractivity contribution in [1.82, 2.24) is 9.80 Å². The molecule has 2 aliphatic heterocycles.